The van der Waals surface area contributed by atoms with Crippen molar-refractivity contribution in [1.29, 1.82) is 0 Å². The summed E-state index contributed by atoms with van der Waals surface area (Å²) < 4.78 is 2.27. The Balaban J connectivity index is 1.45. The molecule has 1 aromatic heterocycles. The van der Waals surface area contributed by atoms with E-state index in [0.717, 1.165) is 57.2 Å². The predicted molar refractivity (Wildman–Crippen MR) is 88.7 cm³/mol. The van der Waals surface area contributed by atoms with Gasteiger partial charge in [-0.3, -0.25) is 9.69 Å². The van der Waals surface area contributed by atoms with E-state index in [1.807, 2.05) is 6.20 Å². The van der Waals surface area contributed by atoms with Gasteiger partial charge in [0.25, 0.3) is 0 Å². The summed E-state index contributed by atoms with van der Waals surface area (Å²) in [5.41, 5.74) is 0.102. The average Bonchev–Trinajstić information content (AvgIpc) is 3.16. The molecule has 2 aliphatic heterocycles. The molecule has 1 saturated carbocycles. The first kappa shape index (κ1) is 15.2. The van der Waals surface area contributed by atoms with Gasteiger partial charge >= 0.3 is 0 Å². The molecule has 4 rings (SSSR count). The van der Waals surface area contributed by atoms with Gasteiger partial charge in [0.1, 0.15) is 5.82 Å². The zero-order valence-corrected chi connectivity index (χ0v) is 14.4. The van der Waals surface area contributed by atoms with Crippen LogP contribution in [-0.2, 0) is 17.9 Å². The molecule has 3 heterocycles. The third-order valence-electron chi connectivity index (χ3n) is 6.46. The van der Waals surface area contributed by atoms with Crippen molar-refractivity contribution in [3.63, 3.8) is 0 Å². The molecule has 126 valence electrons. The Morgan fingerprint density at radius 3 is 2.83 bits per heavy atom. The number of carbonyl (C=O) groups excluding carboxylic acids is 1. The zero-order chi connectivity index (χ0) is 16.0. The molecule has 1 unspecified atom stereocenters. The quantitative estimate of drug-likeness (QED) is 0.797. The van der Waals surface area contributed by atoms with Crippen LogP contribution < -0.4 is 0 Å². The fourth-order valence-electron chi connectivity index (χ4n) is 4.70. The molecule has 2 fully saturated rings. The molecule has 1 spiro atoms. The molecule has 1 saturated heterocycles. The van der Waals surface area contributed by atoms with Gasteiger partial charge in [0.15, 0.2) is 0 Å². The Morgan fingerprint density at radius 1 is 1.26 bits per heavy atom. The van der Waals surface area contributed by atoms with Gasteiger partial charge in [0.05, 0.1) is 12.1 Å². The fourth-order valence-corrected chi connectivity index (χ4v) is 4.70. The lowest BCUT2D eigenvalue weighted by Gasteiger charge is -2.43. The molecule has 23 heavy (non-hydrogen) atoms. The van der Waals surface area contributed by atoms with E-state index in [-0.39, 0.29) is 11.5 Å². The SMILES string of the molecule is CC1CCC(C(=O)N2CCC3(C2)Cn2ccnc2CN3C)CC1. The maximum atomic E-state index is 12.9. The number of amides is 1. The van der Waals surface area contributed by atoms with Crippen LogP contribution in [0.3, 0.4) is 0 Å². The summed E-state index contributed by atoms with van der Waals surface area (Å²) in [6.07, 6.45) is 9.66. The van der Waals surface area contributed by atoms with Crippen LogP contribution in [0.2, 0.25) is 0 Å². The van der Waals surface area contributed by atoms with E-state index in [2.05, 4.69) is 39.5 Å². The largest absolute Gasteiger partial charge is 0.340 e. The van der Waals surface area contributed by atoms with Crippen LogP contribution in [0.15, 0.2) is 12.4 Å². The third-order valence-corrected chi connectivity index (χ3v) is 6.46. The van der Waals surface area contributed by atoms with Crippen molar-refractivity contribution in [2.75, 3.05) is 20.1 Å². The van der Waals surface area contributed by atoms with E-state index in [0.29, 0.717) is 5.91 Å². The minimum Gasteiger partial charge on any atom is -0.340 e. The molecule has 5 nitrogen and oxygen atoms in total. The Bertz CT molecular complexity index is 590. The molecule has 5 heteroatoms. The summed E-state index contributed by atoms with van der Waals surface area (Å²) in [7, 11) is 2.19. The van der Waals surface area contributed by atoms with Crippen LogP contribution in [0.25, 0.3) is 0 Å². The van der Waals surface area contributed by atoms with Crippen LogP contribution in [0.1, 0.15) is 44.9 Å². The lowest BCUT2D eigenvalue weighted by atomic mass is 9.82. The average molecular weight is 316 g/mol. The Morgan fingerprint density at radius 2 is 2.04 bits per heavy atom. The summed E-state index contributed by atoms with van der Waals surface area (Å²) in [5, 5.41) is 0. The van der Waals surface area contributed by atoms with Gasteiger partial charge in [-0.1, -0.05) is 6.92 Å². The standard InChI is InChI=1S/C18H28N4O/c1-14-3-5-15(6-4-14)17(23)22-9-7-18(13-22)12-21-10-8-19-16(21)11-20(18)2/h8,10,14-15H,3-7,9,11-13H2,1-2H3. The number of likely N-dealkylation sites (tertiary alicyclic amines) is 1. The molecular formula is C18H28N4O. The van der Waals surface area contributed by atoms with E-state index in [1.54, 1.807) is 0 Å². The van der Waals surface area contributed by atoms with Crippen LogP contribution in [0, 0.1) is 11.8 Å². The second-order valence-electron chi connectivity index (χ2n) is 8.02. The van der Waals surface area contributed by atoms with Gasteiger partial charge in [-0.15, -0.1) is 0 Å². The summed E-state index contributed by atoms with van der Waals surface area (Å²) in [6, 6.07) is 0. The molecule has 1 amide bonds. The summed E-state index contributed by atoms with van der Waals surface area (Å²) in [5.74, 6) is 2.63. The lowest BCUT2D eigenvalue weighted by Crippen LogP contribution is -2.55. The number of fused-ring (bicyclic) bond motifs is 1. The number of rotatable bonds is 1. The Hall–Kier alpha value is -1.36. The number of aromatic nitrogens is 2. The Labute approximate surface area is 138 Å². The molecule has 0 N–H and O–H groups in total. The van der Waals surface area contributed by atoms with Gasteiger partial charge in [-0.05, 0) is 45.1 Å². The fraction of sp³-hybridized carbons (Fsp3) is 0.778. The summed E-state index contributed by atoms with van der Waals surface area (Å²) in [4.78, 5) is 21.9. The molecule has 1 aliphatic carbocycles. The van der Waals surface area contributed by atoms with Crippen LogP contribution in [0.5, 0.6) is 0 Å². The topological polar surface area (TPSA) is 41.4 Å². The first-order valence-corrected chi connectivity index (χ1v) is 9.07. The van der Waals surface area contributed by atoms with Gasteiger partial charge in [0.2, 0.25) is 5.91 Å². The van der Waals surface area contributed by atoms with Crippen molar-refractivity contribution in [1.82, 2.24) is 19.4 Å². The van der Waals surface area contributed by atoms with Crippen molar-refractivity contribution in [2.24, 2.45) is 11.8 Å². The highest BCUT2D eigenvalue weighted by atomic mass is 16.2. The number of nitrogens with zero attached hydrogens (tertiary/aromatic N) is 4. The number of imidazole rings is 1. The number of carbonyl (C=O) groups is 1. The van der Waals surface area contributed by atoms with Crippen LogP contribution in [0.4, 0.5) is 0 Å². The van der Waals surface area contributed by atoms with E-state index < -0.39 is 0 Å². The minimum atomic E-state index is 0.102. The maximum absolute atomic E-state index is 12.9. The summed E-state index contributed by atoms with van der Waals surface area (Å²) in [6.45, 7) is 5.96. The minimum absolute atomic E-state index is 0.102. The van der Waals surface area contributed by atoms with Crippen molar-refractivity contribution in [3.05, 3.63) is 18.2 Å². The van der Waals surface area contributed by atoms with Crippen molar-refractivity contribution >= 4 is 5.91 Å². The number of hydrogen-bond donors (Lipinski definition) is 0. The number of hydrogen-bond acceptors (Lipinski definition) is 3. The van der Waals surface area contributed by atoms with E-state index in [9.17, 15) is 4.79 Å². The molecule has 0 radical (unpaired) electrons. The molecule has 1 aromatic rings. The normalized spacial score (nSPS) is 34.8. The van der Waals surface area contributed by atoms with E-state index in [4.69, 9.17) is 0 Å². The molecule has 3 aliphatic rings. The van der Waals surface area contributed by atoms with Crippen LogP contribution >= 0.6 is 0 Å². The third kappa shape index (κ3) is 2.59. The van der Waals surface area contributed by atoms with Crippen molar-refractivity contribution in [2.45, 2.75) is 57.7 Å². The van der Waals surface area contributed by atoms with Crippen LogP contribution in [-0.4, -0.2) is 50.9 Å². The van der Waals surface area contributed by atoms with Gasteiger partial charge in [0, 0.05) is 37.9 Å². The Kier molecular flexibility index (Phi) is 3.71. The van der Waals surface area contributed by atoms with Gasteiger partial charge < -0.3 is 9.47 Å². The van der Waals surface area contributed by atoms with Gasteiger partial charge in [-0.25, -0.2) is 4.98 Å². The van der Waals surface area contributed by atoms with Crippen molar-refractivity contribution in [3.8, 4) is 0 Å². The van der Waals surface area contributed by atoms with Crippen molar-refractivity contribution < 1.29 is 4.79 Å². The highest BCUT2D eigenvalue weighted by molar-refractivity contribution is 5.79. The monoisotopic (exact) mass is 316 g/mol. The van der Waals surface area contributed by atoms with E-state index >= 15 is 0 Å². The second-order valence-corrected chi connectivity index (χ2v) is 8.02. The molecular weight excluding hydrogens is 288 g/mol. The van der Waals surface area contributed by atoms with E-state index in [1.165, 1.54) is 12.8 Å². The summed E-state index contributed by atoms with van der Waals surface area (Å²) >= 11 is 0. The first-order chi connectivity index (χ1) is 11.1. The molecule has 0 bridgehead atoms. The number of likely N-dealkylation sites (N-methyl/N-ethyl adjacent to an activating group) is 1. The molecule has 1 atom stereocenters. The lowest BCUT2D eigenvalue weighted by molar-refractivity contribution is -0.136. The van der Waals surface area contributed by atoms with Gasteiger partial charge in [-0.2, -0.15) is 0 Å². The molecule has 0 aromatic carbocycles. The predicted octanol–water partition coefficient (Wildman–Crippen LogP) is 2.13. The first-order valence-electron chi connectivity index (χ1n) is 9.07. The highest BCUT2D eigenvalue weighted by Gasteiger charge is 2.46. The zero-order valence-electron chi connectivity index (χ0n) is 14.4. The maximum Gasteiger partial charge on any atom is 0.225 e. The highest BCUT2D eigenvalue weighted by Crippen LogP contribution is 2.36. The smallest absolute Gasteiger partial charge is 0.225 e. The second kappa shape index (κ2) is 5.62.